The van der Waals surface area contributed by atoms with Gasteiger partial charge in [-0.2, -0.15) is 0 Å². The first-order chi connectivity index (χ1) is 9.06. The maximum absolute atomic E-state index is 11.7. The molecular formula is C12H9Cl2N3O2. The van der Waals surface area contributed by atoms with Gasteiger partial charge in [-0.15, -0.1) is 0 Å². The van der Waals surface area contributed by atoms with Gasteiger partial charge in [0.2, 0.25) is 5.56 Å². The number of carbonyl (C=O) groups is 1. The number of benzene rings is 1. The van der Waals surface area contributed by atoms with Crippen molar-refractivity contribution >= 4 is 34.8 Å². The van der Waals surface area contributed by atoms with Crippen LogP contribution in [0.25, 0.3) is 0 Å². The summed E-state index contributed by atoms with van der Waals surface area (Å²) >= 11 is 11.7. The van der Waals surface area contributed by atoms with Gasteiger partial charge in [-0.3, -0.25) is 20.4 Å². The van der Waals surface area contributed by atoms with Gasteiger partial charge in [-0.1, -0.05) is 23.2 Å². The minimum absolute atomic E-state index is 0.273. The Morgan fingerprint density at radius 2 is 1.95 bits per heavy atom. The van der Waals surface area contributed by atoms with Gasteiger partial charge in [-0.05, 0) is 24.3 Å². The number of aromatic nitrogens is 1. The first-order valence-corrected chi connectivity index (χ1v) is 6.02. The van der Waals surface area contributed by atoms with Crippen molar-refractivity contribution in [3.63, 3.8) is 0 Å². The van der Waals surface area contributed by atoms with Crippen LogP contribution in [0.4, 0.5) is 5.69 Å². The smallest absolute Gasteiger partial charge is 0.271 e. The lowest BCUT2D eigenvalue weighted by Gasteiger charge is -2.10. The lowest BCUT2D eigenvalue weighted by molar-refractivity contribution is 0.0962. The predicted octanol–water partition coefficient (Wildman–Crippen LogP) is 2.44. The second kappa shape index (κ2) is 5.77. The number of pyridine rings is 1. The number of hydrogen-bond donors (Lipinski definition) is 3. The van der Waals surface area contributed by atoms with Crippen molar-refractivity contribution in [2.75, 3.05) is 5.43 Å². The second-order valence-corrected chi connectivity index (χ2v) is 4.49. The molecule has 2 aromatic rings. The third kappa shape index (κ3) is 3.49. The number of hydrazine groups is 1. The van der Waals surface area contributed by atoms with Gasteiger partial charge in [0, 0.05) is 17.3 Å². The fourth-order valence-electron chi connectivity index (χ4n) is 1.34. The molecule has 0 unspecified atom stereocenters. The number of carbonyl (C=O) groups excluding carboxylic acids is 1. The average Bonchev–Trinajstić information content (AvgIpc) is 2.38. The first-order valence-electron chi connectivity index (χ1n) is 5.26. The van der Waals surface area contributed by atoms with Gasteiger partial charge in [0.1, 0.15) is 0 Å². The fourth-order valence-corrected chi connectivity index (χ4v) is 1.79. The van der Waals surface area contributed by atoms with Crippen LogP contribution in [0.3, 0.4) is 0 Å². The minimum atomic E-state index is -0.401. The number of nitrogens with one attached hydrogen (secondary N) is 3. The Morgan fingerprint density at radius 1 is 1.16 bits per heavy atom. The molecule has 1 amide bonds. The number of halogens is 2. The van der Waals surface area contributed by atoms with Gasteiger partial charge in [0.05, 0.1) is 16.3 Å². The van der Waals surface area contributed by atoms with Crippen LogP contribution in [0.1, 0.15) is 10.4 Å². The van der Waals surface area contributed by atoms with Crippen molar-refractivity contribution in [2.24, 2.45) is 0 Å². The number of rotatable bonds is 3. The van der Waals surface area contributed by atoms with Crippen LogP contribution < -0.4 is 16.4 Å². The third-order valence-corrected chi connectivity index (χ3v) is 2.84. The minimum Gasteiger partial charge on any atom is -0.328 e. The van der Waals surface area contributed by atoms with Gasteiger partial charge in [-0.25, -0.2) is 0 Å². The molecule has 0 atom stereocenters. The summed E-state index contributed by atoms with van der Waals surface area (Å²) in [6, 6.07) is 7.51. The monoisotopic (exact) mass is 297 g/mol. The number of aromatic amines is 1. The van der Waals surface area contributed by atoms with Crippen LogP contribution in [-0.4, -0.2) is 10.9 Å². The summed E-state index contributed by atoms with van der Waals surface area (Å²) in [5.74, 6) is -0.401. The van der Waals surface area contributed by atoms with Crippen molar-refractivity contribution in [1.29, 1.82) is 0 Å². The number of hydrogen-bond acceptors (Lipinski definition) is 3. The standard InChI is InChI=1S/C12H9Cl2N3O2/c13-8-2-3-10(9(14)5-8)16-17-12(19)7-1-4-11(18)15-6-7/h1-6,16H,(H,15,18)(H,17,19). The molecule has 1 aromatic carbocycles. The van der Waals surface area contributed by atoms with Crippen LogP contribution in [0.2, 0.25) is 10.0 Å². The molecule has 2 rings (SSSR count). The Hall–Kier alpha value is -1.98. The Balaban J connectivity index is 2.04. The molecule has 19 heavy (non-hydrogen) atoms. The lowest BCUT2D eigenvalue weighted by Crippen LogP contribution is -2.29. The number of amides is 1. The number of anilines is 1. The van der Waals surface area contributed by atoms with Crippen molar-refractivity contribution in [1.82, 2.24) is 10.4 Å². The molecule has 0 aliphatic heterocycles. The number of H-pyrrole nitrogens is 1. The van der Waals surface area contributed by atoms with E-state index in [9.17, 15) is 9.59 Å². The molecule has 0 saturated heterocycles. The lowest BCUT2D eigenvalue weighted by atomic mass is 10.3. The summed E-state index contributed by atoms with van der Waals surface area (Å²) in [6.07, 6.45) is 1.32. The third-order valence-electron chi connectivity index (χ3n) is 2.29. The summed E-state index contributed by atoms with van der Waals surface area (Å²) in [5, 5.41) is 0.886. The average molecular weight is 298 g/mol. The highest BCUT2D eigenvalue weighted by atomic mass is 35.5. The molecule has 7 heteroatoms. The Bertz CT molecular complexity index is 650. The Labute approximate surface area is 118 Å². The topological polar surface area (TPSA) is 74.0 Å². The maximum Gasteiger partial charge on any atom is 0.271 e. The molecule has 0 spiro atoms. The van der Waals surface area contributed by atoms with Crippen LogP contribution in [-0.2, 0) is 0 Å². The van der Waals surface area contributed by atoms with Crippen LogP contribution >= 0.6 is 23.2 Å². The molecule has 3 N–H and O–H groups in total. The Kier molecular flexibility index (Phi) is 4.09. The molecule has 0 aliphatic carbocycles. The first kappa shape index (κ1) is 13.5. The van der Waals surface area contributed by atoms with Gasteiger partial charge in [0.25, 0.3) is 5.91 Å². The molecule has 0 saturated carbocycles. The molecule has 1 heterocycles. The molecule has 1 aromatic heterocycles. The maximum atomic E-state index is 11.7. The summed E-state index contributed by atoms with van der Waals surface area (Å²) < 4.78 is 0. The zero-order valence-electron chi connectivity index (χ0n) is 9.54. The van der Waals surface area contributed by atoms with E-state index >= 15 is 0 Å². The van der Waals surface area contributed by atoms with E-state index < -0.39 is 5.91 Å². The second-order valence-electron chi connectivity index (χ2n) is 3.64. The molecule has 0 bridgehead atoms. The SMILES string of the molecule is O=C(NNc1ccc(Cl)cc1Cl)c1ccc(=O)[nH]c1. The zero-order chi connectivity index (χ0) is 13.8. The van der Waals surface area contributed by atoms with Crippen molar-refractivity contribution in [3.05, 3.63) is 62.5 Å². The molecule has 0 fully saturated rings. The van der Waals surface area contributed by atoms with Crippen molar-refractivity contribution in [3.8, 4) is 0 Å². The highest BCUT2D eigenvalue weighted by Crippen LogP contribution is 2.24. The quantitative estimate of drug-likeness (QED) is 0.762. The highest BCUT2D eigenvalue weighted by Gasteiger charge is 2.06. The van der Waals surface area contributed by atoms with E-state index in [0.29, 0.717) is 21.3 Å². The Morgan fingerprint density at radius 3 is 2.58 bits per heavy atom. The normalized spacial score (nSPS) is 10.0. The predicted molar refractivity (Wildman–Crippen MR) is 74.6 cm³/mol. The summed E-state index contributed by atoms with van der Waals surface area (Å²) in [4.78, 5) is 25.0. The van der Waals surface area contributed by atoms with E-state index in [2.05, 4.69) is 15.8 Å². The van der Waals surface area contributed by atoms with E-state index in [1.807, 2.05) is 0 Å². The van der Waals surface area contributed by atoms with E-state index in [4.69, 9.17) is 23.2 Å². The van der Waals surface area contributed by atoms with Crippen molar-refractivity contribution < 1.29 is 4.79 Å². The van der Waals surface area contributed by atoms with E-state index in [0.717, 1.165) is 0 Å². The molecule has 5 nitrogen and oxygen atoms in total. The van der Waals surface area contributed by atoms with E-state index in [-0.39, 0.29) is 5.56 Å². The van der Waals surface area contributed by atoms with Gasteiger partial charge in [0.15, 0.2) is 0 Å². The van der Waals surface area contributed by atoms with Crippen LogP contribution in [0.15, 0.2) is 41.3 Å². The zero-order valence-corrected chi connectivity index (χ0v) is 11.0. The van der Waals surface area contributed by atoms with Crippen LogP contribution in [0.5, 0.6) is 0 Å². The van der Waals surface area contributed by atoms with Gasteiger partial charge >= 0.3 is 0 Å². The highest BCUT2D eigenvalue weighted by molar-refractivity contribution is 6.36. The molecule has 0 aliphatic rings. The largest absolute Gasteiger partial charge is 0.328 e. The summed E-state index contributed by atoms with van der Waals surface area (Å²) in [6.45, 7) is 0. The fraction of sp³-hybridized carbons (Fsp3) is 0. The molecule has 98 valence electrons. The van der Waals surface area contributed by atoms with E-state index in [1.165, 1.54) is 18.3 Å². The van der Waals surface area contributed by atoms with Crippen molar-refractivity contribution in [2.45, 2.75) is 0 Å². The summed E-state index contributed by atoms with van der Waals surface area (Å²) in [7, 11) is 0. The van der Waals surface area contributed by atoms with E-state index in [1.54, 1.807) is 18.2 Å². The molecule has 0 radical (unpaired) electrons. The van der Waals surface area contributed by atoms with Gasteiger partial charge < -0.3 is 4.98 Å². The van der Waals surface area contributed by atoms with Crippen LogP contribution in [0, 0.1) is 0 Å². The molecular weight excluding hydrogens is 289 g/mol. The summed E-state index contributed by atoms with van der Waals surface area (Å²) in [5.41, 5.74) is 5.69.